The lowest BCUT2D eigenvalue weighted by Crippen LogP contribution is -2.22. The summed E-state index contributed by atoms with van der Waals surface area (Å²) in [4.78, 5) is 15.8. The number of thioether (sulfide) groups is 1. The van der Waals surface area contributed by atoms with Crippen LogP contribution in [0.5, 0.6) is 5.75 Å². The van der Waals surface area contributed by atoms with Crippen molar-refractivity contribution in [3.05, 3.63) is 54.7 Å². The van der Waals surface area contributed by atoms with Crippen molar-refractivity contribution in [2.24, 2.45) is 0 Å². The molecule has 0 bridgehead atoms. The number of ether oxygens (including phenoxy) is 1. The molecule has 0 radical (unpaired) electrons. The van der Waals surface area contributed by atoms with E-state index in [1.54, 1.807) is 6.92 Å². The van der Waals surface area contributed by atoms with E-state index in [4.69, 9.17) is 9.15 Å². The van der Waals surface area contributed by atoms with Crippen molar-refractivity contribution < 1.29 is 13.9 Å². The highest BCUT2D eigenvalue weighted by molar-refractivity contribution is 8.00. The highest BCUT2D eigenvalue weighted by atomic mass is 32.2. The van der Waals surface area contributed by atoms with Crippen molar-refractivity contribution in [1.29, 1.82) is 0 Å². The number of carbonyl (C=O) groups is 1. The van der Waals surface area contributed by atoms with Crippen LogP contribution in [0.4, 0.5) is 5.69 Å². The molecule has 2 aromatic carbocycles. The van der Waals surface area contributed by atoms with Gasteiger partial charge in [0.2, 0.25) is 5.91 Å². The number of anilines is 1. The highest BCUT2D eigenvalue weighted by Gasteiger charge is 2.20. The van der Waals surface area contributed by atoms with Gasteiger partial charge < -0.3 is 19.5 Å². The van der Waals surface area contributed by atoms with Gasteiger partial charge >= 0.3 is 0 Å². The van der Waals surface area contributed by atoms with E-state index in [9.17, 15) is 4.79 Å². The highest BCUT2D eigenvalue weighted by Crippen LogP contribution is 2.31. The van der Waals surface area contributed by atoms with Crippen LogP contribution in [0.3, 0.4) is 0 Å². The zero-order valence-corrected chi connectivity index (χ0v) is 16.8. The van der Waals surface area contributed by atoms with E-state index in [1.165, 1.54) is 11.8 Å². The molecule has 0 aliphatic rings. The van der Waals surface area contributed by atoms with Crippen molar-refractivity contribution in [3.63, 3.8) is 0 Å². The van der Waals surface area contributed by atoms with E-state index in [0.29, 0.717) is 29.2 Å². The van der Waals surface area contributed by atoms with Gasteiger partial charge in [0.1, 0.15) is 5.75 Å². The Labute approximate surface area is 171 Å². The molecule has 1 atom stereocenters. The van der Waals surface area contributed by atoms with Crippen molar-refractivity contribution in [2.45, 2.75) is 24.3 Å². The number of benzene rings is 2. The van der Waals surface area contributed by atoms with E-state index in [0.717, 1.165) is 16.5 Å². The van der Waals surface area contributed by atoms with Gasteiger partial charge in [0, 0.05) is 17.1 Å². The summed E-state index contributed by atoms with van der Waals surface area (Å²) in [7, 11) is 0. The second-order valence-corrected chi connectivity index (χ2v) is 7.59. The molecule has 2 aromatic heterocycles. The Balaban J connectivity index is 1.45. The molecule has 0 unspecified atom stereocenters. The number of rotatable bonds is 7. The van der Waals surface area contributed by atoms with Gasteiger partial charge in [-0.2, -0.15) is 0 Å². The second kappa shape index (κ2) is 8.40. The number of hydrogen-bond donors (Lipinski definition) is 2. The summed E-state index contributed by atoms with van der Waals surface area (Å²) < 4.78 is 11.3. The first-order chi connectivity index (χ1) is 14.2. The zero-order chi connectivity index (χ0) is 20.2. The first-order valence-electron chi connectivity index (χ1n) is 9.25. The van der Waals surface area contributed by atoms with Gasteiger partial charge in [0.25, 0.3) is 11.1 Å². The largest absolute Gasteiger partial charge is 0.492 e. The third kappa shape index (κ3) is 4.12. The maximum Gasteiger partial charge on any atom is 0.277 e. The average Bonchev–Trinajstić information content (AvgIpc) is 3.36. The molecule has 29 heavy (non-hydrogen) atoms. The van der Waals surface area contributed by atoms with Gasteiger partial charge in [0.05, 0.1) is 23.1 Å². The molecule has 0 spiro atoms. The molecule has 2 heterocycles. The SMILES string of the molecule is CCOc1ccccc1NC(=O)[C@H](C)Sc1nnc(-c2c[nH]c3ccccc23)o1. The summed E-state index contributed by atoms with van der Waals surface area (Å²) in [6, 6.07) is 15.2. The van der Waals surface area contributed by atoms with Crippen molar-refractivity contribution in [2.75, 3.05) is 11.9 Å². The molecule has 7 nitrogen and oxygen atoms in total. The summed E-state index contributed by atoms with van der Waals surface area (Å²) >= 11 is 1.21. The fourth-order valence-electron chi connectivity index (χ4n) is 2.91. The first-order valence-corrected chi connectivity index (χ1v) is 10.1. The monoisotopic (exact) mass is 408 g/mol. The molecule has 4 rings (SSSR count). The number of hydrogen-bond acceptors (Lipinski definition) is 6. The zero-order valence-electron chi connectivity index (χ0n) is 16.0. The van der Waals surface area contributed by atoms with E-state index in [-0.39, 0.29) is 5.91 Å². The molecule has 0 aliphatic carbocycles. The number of nitrogens with zero attached hydrogens (tertiary/aromatic N) is 2. The molecule has 4 aromatic rings. The summed E-state index contributed by atoms with van der Waals surface area (Å²) in [6.45, 7) is 4.21. The van der Waals surface area contributed by atoms with Crippen LogP contribution in [0.2, 0.25) is 0 Å². The Morgan fingerprint density at radius 1 is 1.21 bits per heavy atom. The summed E-state index contributed by atoms with van der Waals surface area (Å²) in [5.41, 5.74) is 2.47. The Kier molecular flexibility index (Phi) is 5.53. The fraction of sp³-hybridized carbons (Fsp3) is 0.190. The number of aromatic nitrogens is 3. The number of nitrogens with one attached hydrogen (secondary N) is 2. The number of amides is 1. The van der Waals surface area contributed by atoms with E-state index < -0.39 is 5.25 Å². The first kappa shape index (κ1) is 19.1. The lowest BCUT2D eigenvalue weighted by Gasteiger charge is -2.13. The Morgan fingerprint density at radius 2 is 2.00 bits per heavy atom. The molecule has 148 valence electrons. The predicted molar refractivity (Wildman–Crippen MR) is 113 cm³/mol. The van der Waals surface area contributed by atoms with Gasteiger partial charge in [-0.1, -0.05) is 42.1 Å². The minimum Gasteiger partial charge on any atom is -0.492 e. The van der Waals surface area contributed by atoms with Crippen LogP contribution in [0.15, 0.2) is 64.4 Å². The summed E-state index contributed by atoms with van der Waals surface area (Å²) in [6.07, 6.45) is 1.84. The normalized spacial score (nSPS) is 12.1. The quantitative estimate of drug-likeness (QED) is 0.429. The topological polar surface area (TPSA) is 93.0 Å². The number of fused-ring (bicyclic) bond motifs is 1. The Hall–Kier alpha value is -3.26. The van der Waals surface area contributed by atoms with Crippen LogP contribution >= 0.6 is 11.8 Å². The average molecular weight is 408 g/mol. The van der Waals surface area contributed by atoms with Gasteiger partial charge in [-0.3, -0.25) is 4.79 Å². The van der Waals surface area contributed by atoms with Gasteiger partial charge in [-0.15, -0.1) is 10.2 Å². The van der Waals surface area contributed by atoms with Crippen LogP contribution in [-0.2, 0) is 4.79 Å². The molecular weight excluding hydrogens is 388 g/mol. The molecule has 0 saturated carbocycles. The smallest absolute Gasteiger partial charge is 0.277 e. The van der Waals surface area contributed by atoms with E-state index >= 15 is 0 Å². The van der Waals surface area contributed by atoms with Crippen molar-refractivity contribution >= 4 is 34.3 Å². The van der Waals surface area contributed by atoms with Gasteiger partial charge in [-0.05, 0) is 32.0 Å². The second-order valence-electron chi connectivity index (χ2n) is 6.30. The molecule has 2 N–H and O–H groups in total. The summed E-state index contributed by atoms with van der Waals surface area (Å²) in [5.74, 6) is 0.883. The standard InChI is InChI=1S/C21H20N4O3S/c1-3-27-18-11-7-6-10-17(18)23-19(26)13(2)29-21-25-24-20(28-21)15-12-22-16-9-5-4-8-14(15)16/h4-13,22H,3H2,1-2H3,(H,23,26)/t13-/m0/s1. The van der Waals surface area contributed by atoms with Gasteiger partial charge in [-0.25, -0.2) is 0 Å². The maximum absolute atomic E-state index is 12.6. The Morgan fingerprint density at radius 3 is 2.86 bits per heavy atom. The molecule has 0 fully saturated rings. The number of aromatic amines is 1. The molecule has 0 aliphatic heterocycles. The van der Waals surface area contributed by atoms with Crippen LogP contribution in [0.25, 0.3) is 22.4 Å². The maximum atomic E-state index is 12.6. The van der Waals surface area contributed by atoms with Crippen LogP contribution < -0.4 is 10.1 Å². The fourth-order valence-corrected chi connectivity index (χ4v) is 3.59. The lowest BCUT2D eigenvalue weighted by atomic mass is 10.2. The number of para-hydroxylation sites is 3. The van der Waals surface area contributed by atoms with Crippen molar-refractivity contribution in [3.8, 4) is 17.2 Å². The molecule has 1 amide bonds. The van der Waals surface area contributed by atoms with Crippen LogP contribution in [-0.4, -0.2) is 32.9 Å². The lowest BCUT2D eigenvalue weighted by molar-refractivity contribution is -0.115. The molecule has 0 saturated heterocycles. The van der Waals surface area contributed by atoms with E-state index in [1.807, 2.05) is 61.7 Å². The number of H-pyrrole nitrogens is 1. The van der Waals surface area contributed by atoms with E-state index in [2.05, 4.69) is 20.5 Å². The molecule has 8 heteroatoms. The van der Waals surface area contributed by atoms with Crippen molar-refractivity contribution in [1.82, 2.24) is 15.2 Å². The Bertz CT molecular complexity index is 1140. The van der Waals surface area contributed by atoms with Gasteiger partial charge in [0.15, 0.2) is 0 Å². The minimum atomic E-state index is -0.430. The predicted octanol–water partition coefficient (Wildman–Crippen LogP) is 4.74. The van der Waals surface area contributed by atoms with Crippen LogP contribution in [0, 0.1) is 0 Å². The summed E-state index contributed by atoms with van der Waals surface area (Å²) in [5, 5.41) is 12.0. The minimum absolute atomic E-state index is 0.172. The molecular formula is C21H20N4O3S. The third-order valence-corrected chi connectivity index (χ3v) is 5.25. The third-order valence-electron chi connectivity index (χ3n) is 4.32. The number of carbonyl (C=O) groups excluding carboxylic acids is 1. The van der Waals surface area contributed by atoms with Crippen LogP contribution in [0.1, 0.15) is 13.8 Å².